The highest BCUT2D eigenvalue weighted by atomic mass is 16.2. The lowest BCUT2D eigenvalue weighted by atomic mass is 9.80. The number of hydrogen-bond acceptors (Lipinski definition) is 3. The fourth-order valence-corrected chi connectivity index (χ4v) is 3.38. The Morgan fingerprint density at radius 3 is 2.71 bits per heavy atom. The van der Waals surface area contributed by atoms with Gasteiger partial charge in [-0.3, -0.25) is 10.1 Å². The van der Waals surface area contributed by atoms with Crippen molar-refractivity contribution >= 4 is 11.9 Å². The molecule has 1 aliphatic heterocycles. The van der Waals surface area contributed by atoms with Crippen LogP contribution in [0.1, 0.15) is 43.2 Å². The second kappa shape index (κ2) is 5.21. The molecule has 1 saturated carbocycles. The zero-order valence-electron chi connectivity index (χ0n) is 11.8. The van der Waals surface area contributed by atoms with Crippen LogP contribution in [0.5, 0.6) is 0 Å². The Kier molecular flexibility index (Phi) is 3.38. The van der Waals surface area contributed by atoms with Gasteiger partial charge in [0.25, 0.3) is 5.91 Å². The van der Waals surface area contributed by atoms with Crippen molar-refractivity contribution in [2.75, 3.05) is 0 Å². The van der Waals surface area contributed by atoms with Gasteiger partial charge >= 0.3 is 6.03 Å². The fraction of sp³-hybridized carbons (Fsp3) is 0.438. The summed E-state index contributed by atoms with van der Waals surface area (Å²) < 4.78 is 0. The van der Waals surface area contributed by atoms with Crippen LogP contribution in [0.4, 0.5) is 4.79 Å². The molecule has 5 heteroatoms. The highest BCUT2D eigenvalue weighted by Gasteiger charge is 2.52. The van der Waals surface area contributed by atoms with E-state index in [9.17, 15) is 9.59 Å². The van der Waals surface area contributed by atoms with E-state index in [-0.39, 0.29) is 11.9 Å². The summed E-state index contributed by atoms with van der Waals surface area (Å²) in [5, 5.41) is 11.4. The third-order valence-corrected chi connectivity index (χ3v) is 4.48. The zero-order valence-corrected chi connectivity index (χ0v) is 11.8. The monoisotopic (exact) mass is 283 g/mol. The topological polar surface area (TPSA) is 73.2 Å². The molecule has 2 fully saturated rings. The van der Waals surface area contributed by atoms with Crippen molar-refractivity contribution in [1.29, 1.82) is 5.26 Å². The zero-order chi connectivity index (χ0) is 14.9. The summed E-state index contributed by atoms with van der Waals surface area (Å²) in [6.45, 7) is 0.368. The lowest BCUT2D eigenvalue weighted by Gasteiger charge is -2.38. The van der Waals surface area contributed by atoms with E-state index in [2.05, 4.69) is 11.4 Å². The van der Waals surface area contributed by atoms with Crippen molar-refractivity contribution in [3.63, 3.8) is 0 Å². The number of urea groups is 1. The van der Waals surface area contributed by atoms with Crippen LogP contribution in [0.2, 0.25) is 0 Å². The summed E-state index contributed by atoms with van der Waals surface area (Å²) in [5.41, 5.74) is 0.762. The predicted molar refractivity (Wildman–Crippen MR) is 76.1 cm³/mol. The van der Waals surface area contributed by atoms with Crippen molar-refractivity contribution < 1.29 is 9.59 Å². The molecule has 1 aromatic carbocycles. The fourth-order valence-electron chi connectivity index (χ4n) is 3.38. The van der Waals surface area contributed by atoms with E-state index < -0.39 is 5.54 Å². The largest absolute Gasteiger partial charge is 0.325 e. The molecule has 3 amide bonds. The SMILES string of the molecule is N#Cc1cccc(CN2C(=O)NC(=O)C23CCCCC3)c1. The van der Waals surface area contributed by atoms with Gasteiger partial charge in [0.2, 0.25) is 0 Å². The van der Waals surface area contributed by atoms with Gasteiger partial charge in [-0.1, -0.05) is 31.4 Å². The van der Waals surface area contributed by atoms with Gasteiger partial charge in [0.05, 0.1) is 11.6 Å². The average Bonchev–Trinajstić information content (AvgIpc) is 2.73. The predicted octanol–water partition coefficient (Wildman–Crippen LogP) is 2.31. The van der Waals surface area contributed by atoms with Crippen LogP contribution in [0, 0.1) is 11.3 Å². The minimum Gasteiger partial charge on any atom is -0.305 e. The van der Waals surface area contributed by atoms with E-state index in [4.69, 9.17) is 5.26 Å². The van der Waals surface area contributed by atoms with E-state index in [1.54, 1.807) is 23.1 Å². The van der Waals surface area contributed by atoms with E-state index in [1.165, 1.54) is 0 Å². The lowest BCUT2D eigenvalue weighted by molar-refractivity contribution is -0.128. The van der Waals surface area contributed by atoms with Crippen LogP contribution in [-0.4, -0.2) is 22.4 Å². The second-order valence-corrected chi connectivity index (χ2v) is 5.75. The van der Waals surface area contributed by atoms with Gasteiger partial charge in [-0.25, -0.2) is 4.79 Å². The normalized spacial score (nSPS) is 20.4. The molecule has 5 nitrogen and oxygen atoms in total. The van der Waals surface area contributed by atoms with E-state index in [1.807, 2.05) is 6.07 Å². The van der Waals surface area contributed by atoms with Crippen LogP contribution >= 0.6 is 0 Å². The lowest BCUT2D eigenvalue weighted by Crippen LogP contribution is -2.50. The van der Waals surface area contributed by atoms with Crippen LogP contribution in [-0.2, 0) is 11.3 Å². The van der Waals surface area contributed by atoms with Gasteiger partial charge in [-0.2, -0.15) is 5.26 Å². The summed E-state index contributed by atoms with van der Waals surface area (Å²) in [6.07, 6.45) is 4.50. The smallest absolute Gasteiger partial charge is 0.305 e. The molecule has 1 N–H and O–H groups in total. The number of rotatable bonds is 2. The first-order valence-corrected chi connectivity index (χ1v) is 7.28. The Labute approximate surface area is 123 Å². The number of nitrogens with one attached hydrogen (secondary N) is 1. The Morgan fingerprint density at radius 2 is 2.00 bits per heavy atom. The van der Waals surface area contributed by atoms with Gasteiger partial charge in [-0.05, 0) is 30.5 Å². The van der Waals surface area contributed by atoms with Gasteiger partial charge < -0.3 is 4.90 Å². The highest BCUT2D eigenvalue weighted by molar-refractivity contribution is 6.07. The molecule has 0 radical (unpaired) electrons. The quantitative estimate of drug-likeness (QED) is 0.846. The first-order chi connectivity index (χ1) is 10.2. The summed E-state index contributed by atoms with van der Waals surface area (Å²) in [4.78, 5) is 26.1. The van der Waals surface area contributed by atoms with Crippen molar-refractivity contribution in [3.8, 4) is 6.07 Å². The number of imide groups is 1. The Morgan fingerprint density at radius 1 is 1.24 bits per heavy atom. The maximum absolute atomic E-state index is 12.3. The molecule has 108 valence electrons. The van der Waals surface area contributed by atoms with Crippen LogP contribution in [0.25, 0.3) is 0 Å². The number of nitrogens with zero attached hydrogens (tertiary/aromatic N) is 2. The third-order valence-electron chi connectivity index (χ3n) is 4.48. The summed E-state index contributed by atoms with van der Waals surface area (Å²) in [7, 11) is 0. The molecule has 1 saturated heterocycles. The highest BCUT2D eigenvalue weighted by Crippen LogP contribution is 2.38. The summed E-state index contributed by atoms with van der Waals surface area (Å²) >= 11 is 0. The second-order valence-electron chi connectivity index (χ2n) is 5.75. The van der Waals surface area contributed by atoms with Crippen LogP contribution in [0.15, 0.2) is 24.3 Å². The van der Waals surface area contributed by atoms with Crippen LogP contribution in [0.3, 0.4) is 0 Å². The third kappa shape index (κ3) is 2.27. The standard InChI is InChI=1S/C16H17N3O2/c17-10-12-5-4-6-13(9-12)11-19-15(21)18-14(20)16(19)7-2-1-3-8-16/h4-6,9H,1-3,7-8,11H2,(H,18,20,21). The summed E-state index contributed by atoms with van der Waals surface area (Å²) in [6, 6.07) is 8.97. The number of hydrogen-bond donors (Lipinski definition) is 1. The first-order valence-electron chi connectivity index (χ1n) is 7.28. The van der Waals surface area contributed by atoms with E-state index in [0.29, 0.717) is 12.1 Å². The molecule has 2 aliphatic rings. The molecule has 1 heterocycles. The van der Waals surface area contributed by atoms with Gasteiger partial charge in [0.15, 0.2) is 0 Å². The molecule has 1 spiro atoms. The molecule has 1 aliphatic carbocycles. The number of carbonyl (C=O) groups is 2. The van der Waals surface area contributed by atoms with Gasteiger partial charge in [0, 0.05) is 6.54 Å². The molecule has 21 heavy (non-hydrogen) atoms. The minimum absolute atomic E-state index is 0.163. The van der Waals surface area contributed by atoms with Crippen molar-refractivity contribution in [2.24, 2.45) is 0 Å². The van der Waals surface area contributed by atoms with Crippen LogP contribution < -0.4 is 5.32 Å². The summed E-state index contributed by atoms with van der Waals surface area (Å²) in [5.74, 6) is -0.163. The number of carbonyl (C=O) groups excluding carboxylic acids is 2. The van der Waals surface area contributed by atoms with E-state index >= 15 is 0 Å². The molecule has 0 atom stereocenters. The molecule has 3 rings (SSSR count). The number of amides is 3. The number of nitriles is 1. The maximum atomic E-state index is 12.3. The molecule has 1 aromatic rings. The van der Waals surface area contributed by atoms with Gasteiger partial charge in [-0.15, -0.1) is 0 Å². The molecule has 0 bridgehead atoms. The Hall–Kier alpha value is -2.35. The molecule has 0 unspecified atom stereocenters. The van der Waals surface area contributed by atoms with Gasteiger partial charge in [0.1, 0.15) is 5.54 Å². The average molecular weight is 283 g/mol. The van der Waals surface area contributed by atoms with E-state index in [0.717, 1.165) is 37.7 Å². The van der Waals surface area contributed by atoms with Crippen molar-refractivity contribution in [2.45, 2.75) is 44.2 Å². The maximum Gasteiger partial charge on any atom is 0.325 e. The molecular weight excluding hydrogens is 266 g/mol. The molecular formula is C16H17N3O2. The van der Waals surface area contributed by atoms with Crippen molar-refractivity contribution in [3.05, 3.63) is 35.4 Å². The van der Waals surface area contributed by atoms with Crippen molar-refractivity contribution in [1.82, 2.24) is 10.2 Å². The minimum atomic E-state index is -0.683. The number of benzene rings is 1. The Bertz CT molecular complexity index is 627. The molecule has 0 aromatic heterocycles. The first kappa shape index (κ1) is 13.6. The Balaban J connectivity index is 1.89.